The average Bonchev–Trinajstić information content (AvgIpc) is 2.38. The topological polar surface area (TPSA) is 20.3 Å². The average molecular weight is 277 g/mol. The van der Waals surface area contributed by atoms with E-state index in [9.17, 15) is 4.79 Å². The third-order valence-corrected chi connectivity index (χ3v) is 4.53. The van der Waals surface area contributed by atoms with Gasteiger partial charge in [-0.05, 0) is 36.3 Å². The van der Waals surface area contributed by atoms with Gasteiger partial charge in [-0.2, -0.15) is 0 Å². The van der Waals surface area contributed by atoms with Gasteiger partial charge in [-0.3, -0.25) is 4.79 Å². The minimum Gasteiger partial charge on any atom is -0.339 e. The molecule has 1 heterocycles. The fourth-order valence-electron chi connectivity index (χ4n) is 2.77. The number of thiol groups is 1. The van der Waals surface area contributed by atoms with Crippen molar-refractivity contribution >= 4 is 18.5 Å². The van der Waals surface area contributed by atoms with E-state index in [1.807, 2.05) is 29.2 Å². The van der Waals surface area contributed by atoms with Crippen LogP contribution in [0.2, 0.25) is 0 Å². The lowest BCUT2D eigenvalue weighted by molar-refractivity contribution is 0.0605. The van der Waals surface area contributed by atoms with Crippen molar-refractivity contribution in [2.75, 3.05) is 13.1 Å². The highest BCUT2D eigenvalue weighted by molar-refractivity contribution is 7.80. The zero-order valence-corrected chi connectivity index (χ0v) is 12.9. The molecule has 1 aromatic rings. The molecular formula is C16H23NOS. The summed E-state index contributed by atoms with van der Waals surface area (Å²) < 4.78 is 0. The molecule has 0 saturated carbocycles. The van der Waals surface area contributed by atoms with E-state index in [0.717, 1.165) is 36.4 Å². The third kappa shape index (κ3) is 3.33. The summed E-state index contributed by atoms with van der Waals surface area (Å²) in [6.45, 7) is 8.60. The molecule has 2 nitrogen and oxygen atoms in total. The lowest BCUT2D eigenvalue weighted by atomic mass is 9.75. The first kappa shape index (κ1) is 14.4. The SMILES string of the molecule is CC(C)(C)C1CCN(C(=O)c2ccccc2S)CC1. The second-order valence-corrected chi connectivity index (χ2v) is 6.93. The molecule has 1 aliphatic rings. The Morgan fingerprint density at radius 2 is 1.79 bits per heavy atom. The van der Waals surface area contributed by atoms with Crippen molar-refractivity contribution in [1.82, 2.24) is 4.90 Å². The molecule has 1 amide bonds. The normalized spacial score (nSPS) is 17.6. The minimum absolute atomic E-state index is 0.123. The molecule has 19 heavy (non-hydrogen) atoms. The van der Waals surface area contributed by atoms with Gasteiger partial charge in [0, 0.05) is 18.0 Å². The predicted molar refractivity (Wildman–Crippen MR) is 81.8 cm³/mol. The van der Waals surface area contributed by atoms with Crippen molar-refractivity contribution in [2.45, 2.75) is 38.5 Å². The summed E-state index contributed by atoms with van der Waals surface area (Å²) >= 11 is 4.37. The number of hydrogen-bond donors (Lipinski definition) is 1. The lowest BCUT2D eigenvalue weighted by Crippen LogP contribution is -2.41. The van der Waals surface area contributed by atoms with Crippen LogP contribution >= 0.6 is 12.6 Å². The highest BCUT2D eigenvalue weighted by atomic mass is 32.1. The fraction of sp³-hybridized carbons (Fsp3) is 0.562. The van der Waals surface area contributed by atoms with Crippen molar-refractivity contribution < 1.29 is 4.79 Å². The zero-order chi connectivity index (χ0) is 14.0. The molecule has 1 saturated heterocycles. The van der Waals surface area contributed by atoms with E-state index in [-0.39, 0.29) is 5.91 Å². The number of carbonyl (C=O) groups excluding carboxylic acids is 1. The summed E-state index contributed by atoms with van der Waals surface area (Å²) in [5.74, 6) is 0.834. The van der Waals surface area contributed by atoms with Crippen molar-refractivity contribution in [2.24, 2.45) is 11.3 Å². The van der Waals surface area contributed by atoms with Crippen LogP contribution in [0.3, 0.4) is 0 Å². The van der Waals surface area contributed by atoms with E-state index < -0.39 is 0 Å². The smallest absolute Gasteiger partial charge is 0.254 e. The summed E-state index contributed by atoms with van der Waals surface area (Å²) in [6.07, 6.45) is 2.20. The molecule has 1 fully saturated rings. The molecular weight excluding hydrogens is 254 g/mol. The number of nitrogens with zero attached hydrogens (tertiary/aromatic N) is 1. The highest BCUT2D eigenvalue weighted by Gasteiger charge is 2.30. The van der Waals surface area contributed by atoms with Crippen molar-refractivity contribution in [3.05, 3.63) is 29.8 Å². The molecule has 1 aromatic carbocycles. The summed E-state index contributed by atoms with van der Waals surface area (Å²) in [5.41, 5.74) is 1.07. The number of piperidine rings is 1. The third-order valence-electron chi connectivity index (χ3n) is 4.14. The van der Waals surface area contributed by atoms with Gasteiger partial charge in [-0.1, -0.05) is 32.9 Å². The number of likely N-dealkylation sites (tertiary alicyclic amines) is 1. The number of carbonyl (C=O) groups is 1. The van der Waals surface area contributed by atoms with Crippen LogP contribution in [-0.2, 0) is 0 Å². The van der Waals surface area contributed by atoms with E-state index in [1.54, 1.807) is 0 Å². The van der Waals surface area contributed by atoms with Gasteiger partial charge in [0.05, 0.1) is 5.56 Å². The standard InChI is InChI=1S/C16H23NOS/c1-16(2,3)12-8-10-17(11-9-12)15(18)13-6-4-5-7-14(13)19/h4-7,12,19H,8-11H2,1-3H3. The monoisotopic (exact) mass is 277 g/mol. The van der Waals surface area contributed by atoms with Gasteiger partial charge < -0.3 is 4.90 Å². The molecule has 104 valence electrons. The Morgan fingerprint density at radius 1 is 1.21 bits per heavy atom. The quantitative estimate of drug-likeness (QED) is 0.773. The molecule has 0 spiro atoms. The summed E-state index contributed by atoms with van der Waals surface area (Å²) in [4.78, 5) is 15.2. The molecule has 0 atom stereocenters. The van der Waals surface area contributed by atoms with Crippen LogP contribution < -0.4 is 0 Å². The van der Waals surface area contributed by atoms with Gasteiger partial charge >= 0.3 is 0 Å². The first-order valence-electron chi connectivity index (χ1n) is 6.97. The molecule has 0 unspecified atom stereocenters. The zero-order valence-electron chi connectivity index (χ0n) is 12.0. The van der Waals surface area contributed by atoms with Gasteiger partial charge in [0.25, 0.3) is 5.91 Å². The second-order valence-electron chi connectivity index (χ2n) is 6.45. The summed E-state index contributed by atoms with van der Waals surface area (Å²) in [5, 5.41) is 0. The summed E-state index contributed by atoms with van der Waals surface area (Å²) in [7, 11) is 0. The van der Waals surface area contributed by atoms with Gasteiger partial charge in [-0.25, -0.2) is 0 Å². The fourth-order valence-corrected chi connectivity index (χ4v) is 3.03. The Bertz CT molecular complexity index is 456. The lowest BCUT2D eigenvalue weighted by Gasteiger charge is -2.38. The van der Waals surface area contributed by atoms with E-state index in [0.29, 0.717) is 11.3 Å². The Balaban J connectivity index is 2.03. The van der Waals surface area contributed by atoms with Crippen LogP contribution in [0, 0.1) is 11.3 Å². The Morgan fingerprint density at radius 3 is 2.32 bits per heavy atom. The molecule has 0 radical (unpaired) electrons. The molecule has 0 N–H and O–H groups in total. The number of amides is 1. The summed E-state index contributed by atoms with van der Waals surface area (Å²) in [6, 6.07) is 7.54. The van der Waals surface area contributed by atoms with Gasteiger partial charge in [-0.15, -0.1) is 12.6 Å². The number of rotatable bonds is 1. The predicted octanol–water partition coefficient (Wildman–Crippen LogP) is 3.87. The largest absolute Gasteiger partial charge is 0.339 e. The minimum atomic E-state index is 0.123. The highest BCUT2D eigenvalue weighted by Crippen LogP contribution is 2.34. The molecule has 0 bridgehead atoms. The maximum atomic E-state index is 12.5. The van der Waals surface area contributed by atoms with Crippen LogP contribution in [0.15, 0.2) is 29.2 Å². The van der Waals surface area contributed by atoms with Crippen LogP contribution in [-0.4, -0.2) is 23.9 Å². The van der Waals surface area contributed by atoms with E-state index in [1.165, 1.54) is 0 Å². The van der Waals surface area contributed by atoms with Crippen molar-refractivity contribution in [1.29, 1.82) is 0 Å². The van der Waals surface area contributed by atoms with Gasteiger partial charge in [0.2, 0.25) is 0 Å². The van der Waals surface area contributed by atoms with Crippen molar-refractivity contribution in [3.8, 4) is 0 Å². The van der Waals surface area contributed by atoms with Gasteiger partial charge in [0.1, 0.15) is 0 Å². The Kier molecular flexibility index (Phi) is 4.24. The maximum Gasteiger partial charge on any atom is 0.254 e. The van der Waals surface area contributed by atoms with E-state index in [4.69, 9.17) is 0 Å². The van der Waals surface area contributed by atoms with Crippen LogP contribution in [0.5, 0.6) is 0 Å². The van der Waals surface area contributed by atoms with Gasteiger partial charge in [0.15, 0.2) is 0 Å². The molecule has 3 heteroatoms. The first-order valence-corrected chi connectivity index (χ1v) is 7.41. The maximum absolute atomic E-state index is 12.5. The molecule has 1 aliphatic heterocycles. The van der Waals surface area contributed by atoms with E-state index in [2.05, 4.69) is 33.4 Å². The Labute approximate surface area is 121 Å². The molecule has 0 aromatic heterocycles. The molecule has 0 aliphatic carbocycles. The van der Waals surface area contributed by atoms with Crippen LogP contribution in [0.25, 0.3) is 0 Å². The van der Waals surface area contributed by atoms with Crippen molar-refractivity contribution in [3.63, 3.8) is 0 Å². The number of benzene rings is 1. The van der Waals surface area contributed by atoms with Crippen LogP contribution in [0.1, 0.15) is 44.0 Å². The first-order chi connectivity index (χ1) is 8.89. The van der Waals surface area contributed by atoms with E-state index >= 15 is 0 Å². The molecule has 2 rings (SSSR count). The second kappa shape index (κ2) is 5.58. The number of hydrogen-bond acceptors (Lipinski definition) is 2. The Hall–Kier alpha value is -0.960. The van der Waals surface area contributed by atoms with Crippen LogP contribution in [0.4, 0.5) is 0 Å².